The molecule has 112 valence electrons. The highest BCUT2D eigenvalue weighted by molar-refractivity contribution is 7.15. The van der Waals surface area contributed by atoms with E-state index in [1.807, 2.05) is 42.6 Å². The Hall–Kier alpha value is -1.39. The van der Waals surface area contributed by atoms with Crippen LogP contribution in [0.2, 0.25) is 10.0 Å². The van der Waals surface area contributed by atoms with Gasteiger partial charge in [0, 0.05) is 19.3 Å². The number of aromatic nitrogens is 1. The number of halogens is 2. The van der Waals surface area contributed by atoms with Gasteiger partial charge in [-0.3, -0.25) is 0 Å². The number of nitrogens with zero attached hydrogens (tertiary/aromatic N) is 1. The number of hydrogen-bond donors (Lipinski definition) is 1. The van der Waals surface area contributed by atoms with Gasteiger partial charge in [0.05, 0.1) is 14.9 Å². The first-order valence-electron chi connectivity index (χ1n) is 6.87. The quantitative estimate of drug-likeness (QED) is 0.666. The van der Waals surface area contributed by atoms with E-state index >= 15 is 0 Å². The Balaban J connectivity index is 1.58. The Morgan fingerprint density at radius 1 is 0.955 bits per heavy atom. The second kappa shape index (κ2) is 7.25. The number of nitrogens with one attached hydrogen (secondary N) is 1. The van der Waals surface area contributed by atoms with Crippen molar-refractivity contribution in [2.45, 2.75) is 13.1 Å². The third-order valence-electron chi connectivity index (χ3n) is 3.20. The Bertz CT molecular complexity index is 756. The van der Waals surface area contributed by atoms with Crippen molar-refractivity contribution in [2.75, 3.05) is 0 Å². The van der Waals surface area contributed by atoms with Gasteiger partial charge in [-0.2, -0.15) is 0 Å². The molecule has 0 spiro atoms. The molecule has 0 atom stereocenters. The summed E-state index contributed by atoms with van der Waals surface area (Å²) in [6.07, 6.45) is 1.93. The van der Waals surface area contributed by atoms with Crippen LogP contribution in [-0.4, -0.2) is 4.98 Å². The zero-order valence-electron chi connectivity index (χ0n) is 11.7. The molecule has 5 heteroatoms. The fourth-order valence-corrected chi connectivity index (χ4v) is 3.30. The van der Waals surface area contributed by atoms with E-state index in [9.17, 15) is 0 Å². The van der Waals surface area contributed by atoms with Crippen molar-refractivity contribution in [3.8, 4) is 10.4 Å². The molecule has 0 aliphatic heterocycles. The van der Waals surface area contributed by atoms with Crippen LogP contribution in [0.5, 0.6) is 0 Å². The molecule has 0 unspecified atom stereocenters. The Kier molecular flexibility index (Phi) is 5.11. The van der Waals surface area contributed by atoms with Crippen LogP contribution in [0.4, 0.5) is 0 Å². The van der Waals surface area contributed by atoms with Crippen LogP contribution in [0, 0.1) is 0 Å². The maximum absolute atomic E-state index is 6.01. The minimum atomic E-state index is 0.581. The molecule has 0 aliphatic rings. The lowest BCUT2D eigenvalue weighted by atomic mass is 10.2. The highest BCUT2D eigenvalue weighted by Gasteiger charge is 2.04. The molecule has 3 rings (SSSR count). The monoisotopic (exact) mass is 348 g/mol. The van der Waals surface area contributed by atoms with Gasteiger partial charge in [-0.15, -0.1) is 11.3 Å². The molecule has 1 heterocycles. The molecular formula is C17H14Cl2N2S. The van der Waals surface area contributed by atoms with Crippen LogP contribution in [0.3, 0.4) is 0 Å². The lowest BCUT2D eigenvalue weighted by molar-refractivity contribution is 0.690. The van der Waals surface area contributed by atoms with Crippen LogP contribution in [0.15, 0.2) is 54.7 Å². The van der Waals surface area contributed by atoms with Gasteiger partial charge in [0.15, 0.2) is 0 Å². The second-order valence-corrected chi connectivity index (χ2v) is 6.77. The SMILES string of the molecule is Clc1ccc(CNCc2ncc(-c3ccccc3)s2)cc1Cl. The lowest BCUT2D eigenvalue weighted by Gasteiger charge is -2.04. The van der Waals surface area contributed by atoms with E-state index in [1.165, 1.54) is 10.4 Å². The van der Waals surface area contributed by atoms with Crippen molar-refractivity contribution in [1.29, 1.82) is 0 Å². The first-order chi connectivity index (χ1) is 10.7. The zero-order valence-corrected chi connectivity index (χ0v) is 14.1. The summed E-state index contributed by atoms with van der Waals surface area (Å²) in [6.45, 7) is 1.47. The van der Waals surface area contributed by atoms with E-state index in [4.69, 9.17) is 23.2 Å². The molecule has 0 amide bonds. The summed E-state index contributed by atoms with van der Waals surface area (Å²) in [4.78, 5) is 5.65. The van der Waals surface area contributed by atoms with Gasteiger partial charge in [0.25, 0.3) is 0 Å². The van der Waals surface area contributed by atoms with Crippen LogP contribution in [0.25, 0.3) is 10.4 Å². The van der Waals surface area contributed by atoms with Gasteiger partial charge in [-0.05, 0) is 23.3 Å². The molecule has 0 bridgehead atoms. The maximum Gasteiger partial charge on any atom is 0.107 e. The van der Waals surface area contributed by atoms with Crippen LogP contribution in [-0.2, 0) is 13.1 Å². The molecule has 3 aromatic rings. The van der Waals surface area contributed by atoms with Crippen molar-refractivity contribution < 1.29 is 0 Å². The number of rotatable bonds is 5. The highest BCUT2D eigenvalue weighted by atomic mass is 35.5. The zero-order chi connectivity index (χ0) is 15.4. The molecule has 0 saturated carbocycles. The van der Waals surface area contributed by atoms with Crippen molar-refractivity contribution in [1.82, 2.24) is 10.3 Å². The van der Waals surface area contributed by atoms with Crippen LogP contribution in [0.1, 0.15) is 10.6 Å². The molecule has 22 heavy (non-hydrogen) atoms. The van der Waals surface area contributed by atoms with Crippen molar-refractivity contribution in [3.63, 3.8) is 0 Å². The van der Waals surface area contributed by atoms with E-state index < -0.39 is 0 Å². The molecule has 2 nitrogen and oxygen atoms in total. The summed E-state index contributed by atoms with van der Waals surface area (Å²) < 4.78 is 0. The summed E-state index contributed by atoms with van der Waals surface area (Å²) >= 11 is 13.6. The second-order valence-electron chi connectivity index (χ2n) is 4.84. The van der Waals surface area contributed by atoms with E-state index in [0.717, 1.165) is 23.7 Å². The first-order valence-corrected chi connectivity index (χ1v) is 8.44. The smallest absolute Gasteiger partial charge is 0.107 e. The molecule has 2 aromatic carbocycles. The number of thiazole rings is 1. The topological polar surface area (TPSA) is 24.9 Å². The van der Waals surface area contributed by atoms with E-state index in [-0.39, 0.29) is 0 Å². The minimum absolute atomic E-state index is 0.581. The fraction of sp³-hybridized carbons (Fsp3) is 0.118. The molecule has 1 aromatic heterocycles. The summed E-state index contributed by atoms with van der Waals surface area (Å²) in [7, 11) is 0. The minimum Gasteiger partial charge on any atom is -0.306 e. The highest BCUT2D eigenvalue weighted by Crippen LogP contribution is 2.26. The Morgan fingerprint density at radius 3 is 2.55 bits per heavy atom. The summed E-state index contributed by atoms with van der Waals surface area (Å²) in [6, 6.07) is 16.0. The Labute approximate surface area is 143 Å². The van der Waals surface area contributed by atoms with Gasteiger partial charge in [0.2, 0.25) is 0 Å². The average molecular weight is 349 g/mol. The summed E-state index contributed by atoms with van der Waals surface area (Å²) in [5.74, 6) is 0. The lowest BCUT2D eigenvalue weighted by Crippen LogP contribution is -2.12. The van der Waals surface area contributed by atoms with Crippen molar-refractivity contribution in [2.24, 2.45) is 0 Å². The molecule has 1 N–H and O–H groups in total. The van der Waals surface area contributed by atoms with E-state index in [1.54, 1.807) is 11.3 Å². The standard InChI is InChI=1S/C17H14Cl2N2S/c18-14-7-6-12(8-15(14)19)9-20-11-17-21-10-16(22-17)13-4-2-1-3-5-13/h1-8,10,20H,9,11H2. The first kappa shape index (κ1) is 15.5. The van der Waals surface area contributed by atoms with Crippen molar-refractivity contribution in [3.05, 3.63) is 75.3 Å². The number of benzene rings is 2. The maximum atomic E-state index is 6.01. The van der Waals surface area contributed by atoms with Crippen LogP contribution >= 0.6 is 34.5 Å². The summed E-state index contributed by atoms with van der Waals surface area (Å²) in [5.41, 5.74) is 2.31. The molecule has 0 aliphatic carbocycles. The van der Waals surface area contributed by atoms with Gasteiger partial charge in [-0.1, -0.05) is 59.6 Å². The molecule has 0 fully saturated rings. The Morgan fingerprint density at radius 2 is 1.77 bits per heavy atom. The van der Waals surface area contributed by atoms with Gasteiger partial charge in [0.1, 0.15) is 5.01 Å². The fourth-order valence-electron chi connectivity index (χ4n) is 2.09. The number of hydrogen-bond acceptors (Lipinski definition) is 3. The van der Waals surface area contributed by atoms with E-state index in [0.29, 0.717) is 10.0 Å². The predicted molar refractivity (Wildman–Crippen MR) is 94.6 cm³/mol. The third-order valence-corrected chi connectivity index (χ3v) is 4.99. The normalized spacial score (nSPS) is 10.8. The average Bonchev–Trinajstić information content (AvgIpc) is 3.01. The molecular weight excluding hydrogens is 335 g/mol. The van der Waals surface area contributed by atoms with Gasteiger partial charge < -0.3 is 5.32 Å². The summed E-state index contributed by atoms with van der Waals surface area (Å²) in [5, 5.41) is 5.61. The predicted octanol–water partition coefficient (Wildman–Crippen LogP) is 5.41. The van der Waals surface area contributed by atoms with Crippen molar-refractivity contribution >= 4 is 34.5 Å². The van der Waals surface area contributed by atoms with E-state index in [2.05, 4.69) is 22.4 Å². The van der Waals surface area contributed by atoms with Gasteiger partial charge >= 0.3 is 0 Å². The molecule has 0 radical (unpaired) electrons. The van der Waals surface area contributed by atoms with Crippen LogP contribution < -0.4 is 5.32 Å². The molecule has 0 saturated heterocycles. The largest absolute Gasteiger partial charge is 0.306 e. The van der Waals surface area contributed by atoms with Gasteiger partial charge in [-0.25, -0.2) is 4.98 Å². The third kappa shape index (κ3) is 3.87.